The van der Waals surface area contributed by atoms with Gasteiger partial charge in [-0.25, -0.2) is 4.68 Å². The third kappa shape index (κ3) is 3.93. The second kappa shape index (κ2) is 8.21. The number of carbonyl (C=O) groups excluding carboxylic acids is 1. The maximum atomic E-state index is 13.1. The van der Waals surface area contributed by atoms with Gasteiger partial charge in [0, 0.05) is 17.1 Å². The van der Waals surface area contributed by atoms with E-state index >= 15 is 0 Å². The van der Waals surface area contributed by atoms with Crippen molar-refractivity contribution >= 4 is 22.4 Å². The maximum absolute atomic E-state index is 13.1. The van der Waals surface area contributed by atoms with E-state index < -0.39 is 5.91 Å². The van der Waals surface area contributed by atoms with Crippen LogP contribution in [0.3, 0.4) is 0 Å². The first kappa shape index (κ1) is 19.4. The Labute approximate surface area is 173 Å². The first-order chi connectivity index (χ1) is 14.5. The smallest absolute Gasteiger partial charge is 0.276 e. The largest absolute Gasteiger partial charge is 0.457 e. The van der Waals surface area contributed by atoms with E-state index in [4.69, 9.17) is 4.74 Å². The summed E-state index contributed by atoms with van der Waals surface area (Å²) in [7, 11) is 0. The molecule has 30 heavy (non-hydrogen) atoms. The zero-order valence-corrected chi connectivity index (χ0v) is 16.7. The molecule has 0 fully saturated rings. The third-order valence-electron chi connectivity index (χ3n) is 4.60. The zero-order valence-electron chi connectivity index (χ0n) is 16.7. The summed E-state index contributed by atoms with van der Waals surface area (Å²) in [6.07, 6.45) is 0. The second-order valence-electron chi connectivity index (χ2n) is 7.13. The third-order valence-corrected chi connectivity index (χ3v) is 4.60. The number of amides is 1. The average molecular weight is 399 g/mol. The van der Waals surface area contributed by atoms with Crippen molar-refractivity contribution in [3.8, 4) is 11.5 Å². The van der Waals surface area contributed by atoms with Gasteiger partial charge in [0.25, 0.3) is 11.5 Å². The number of hydrogen-bond donors (Lipinski definition) is 1. The van der Waals surface area contributed by atoms with Gasteiger partial charge in [-0.1, -0.05) is 42.5 Å². The summed E-state index contributed by atoms with van der Waals surface area (Å²) >= 11 is 0. The fourth-order valence-electron chi connectivity index (χ4n) is 3.18. The van der Waals surface area contributed by atoms with Crippen molar-refractivity contribution in [2.75, 3.05) is 5.32 Å². The predicted octanol–water partition coefficient (Wildman–Crippen LogP) is 5.02. The number of fused-ring (bicyclic) bond motifs is 1. The van der Waals surface area contributed by atoms with Crippen LogP contribution in [0.1, 0.15) is 30.4 Å². The van der Waals surface area contributed by atoms with Crippen LogP contribution < -0.4 is 15.6 Å². The van der Waals surface area contributed by atoms with Gasteiger partial charge in [-0.15, -0.1) is 0 Å². The molecular weight excluding hydrogens is 378 g/mol. The molecular formula is C24H21N3O3. The molecule has 1 heterocycles. The molecule has 4 rings (SSSR count). The summed E-state index contributed by atoms with van der Waals surface area (Å²) in [6.45, 7) is 3.71. The number of rotatable bonds is 5. The number of hydrogen-bond acceptors (Lipinski definition) is 4. The van der Waals surface area contributed by atoms with Crippen molar-refractivity contribution in [1.82, 2.24) is 9.78 Å². The number of nitrogens with one attached hydrogen (secondary N) is 1. The Balaban J connectivity index is 1.66. The number of nitrogens with zero attached hydrogens (tertiary/aromatic N) is 2. The van der Waals surface area contributed by atoms with Crippen molar-refractivity contribution in [2.24, 2.45) is 0 Å². The van der Waals surface area contributed by atoms with E-state index in [-0.39, 0.29) is 17.3 Å². The minimum absolute atomic E-state index is 0.170. The van der Waals surface area contributed by atoms with Gasteiger partial charge in [0.05, 0.1) is 11.4 Å². The Hall–Kier alpha value is -3.93. The Morgan fingerprint density at radius 2 is 1.57 bits per heavy atom. The molecule has 0 radical (unpaired) electrons. The number of aromatic nitrogens is 2. The van der Waals surface area contributed by atoms with Crippen LogP contribution in [0.15, 0.2) is 83.7 Å². The van der Waals surface area contributed by atoms with Gasteiger partial charge < -0.3 is 10.1 Å². The Bertz CT molecular complexity index is 1260. The molecule has 1 N–H and O–H groups in total. The van der Waals surface area contributed by atoms with Crippen LogP contribution in [-0.2, 0) is 0 Å². The van der Waals surface area contributed by atoms with Gasteiger partial charge in [0.2, 0.25) is 0 Å². The van der Waals surface area contributed by atoms with Gasteiger partial charge in [-0.2, -0.15) is 5.10 Å². The van der Waals surface area contributed by atoms with Crippen LogP contribution in [0.2, 0.25) is 0 Å². The molecule has 6 heteroatoms. The molecule has 0 bridgehead atoms. The van der Waals surface area contributed by atoms with E-state index in [1.807, 2.05) is 50.2 Å². The molecule has 0 aliphatic carbocycles. The van der Waals surface area contributed by atoms with Crippen LogP contribution in [0, 0.1) is 0 Å². The van der Waals surface area contributed by atoms with Gasteiger partial charge in [-0.3, -0.25) is 9.59 Å². The summed E-state index contributed by atoms with van der Waals surface area (Å²) in [4.78, 5) is 25.7. The van der Waals surface area contributed by atoms with Gasteiger partial charge in [0.15, 0.2) is 5.69 Å². The summed E-state index contributed by atoms with van der Waals surface area (Å²) in [5, 5.41) is 8.20. The van der Waals surface area contributed by atoms with Crippen LogP contribution in [0.5, 0.6) is 11.5 Å². The van der Waals surface area contributed by atoms with Crippen LogP contribution in [-0.4, -0.2) is 15.7 Å². The molecule has 1 aromatic heterocycles. The SMILES string of the molecule is CC(C)n1nc(C(=O)Nc2cccc(Oc3ccccc3)c2)c2ccccc2c1=O. The number of benzene rings is 3. The standard InChI is InChI=1S/C24H21N3O3/c1-16(2)27-24(29)21-14-7-6-13-20(21)22(26-27)23(28)25-17-9-8-12-19(15-17)30-18-10-4-3-5-11-18/h3-16H,1-2H3,(H,25,28). The highest BCUT2D eigenvalue weighted by atomic mass is 16.5. The molecule has 0 saturated carbocycles. The molecule has 150 valence electrons. The van der Waals surface area contributed by atoms with E-state index in [1.165, 1.54) is 4.68 Å². The zero-order chi connectivity index (χ0) is 21.1. The molecule has 0 spiro atoms. The fourth-order valence-corrected chi connectivity index (χ4v) is 3.18. The van der Waals surface area contributed by atoms with E-state index in [2.05, 4.69) is 10.4 Å². The lowest BCUT2D eigenvalue weighted by atomic mass is 10.1. The lowest BCUT2D eigenvalue weighted by molar-refractivity contribution is 0.102. The van der Waals surface area contributed by atoms with Crippen molar-refractivity contribution in [3.05, 3.63) is 94.9 Å². The van der Waals surface area contributed by atoms with Crippen molar-refractivity contribution in [2.45, 2.75) is 19.9 Å². The first-order valence-corrected chi connectivity index (χ1v) is 9.69. The Morgan fingerprint density at radius 3 is 2.30 bits per heavy atom. The van der Waals surface area contributed by atoms with Crippen LogP contribution >= 0.6 is 0 Å². The summed E-state index contributed by atoms with van der Waals surface area (Å²) in [5.41, 5.74) is 0.560. The summed E-state index contributed by atoms with van der Waals surface area (Å²) in [5.74, 6) is 0.916. The highest BCUT2D eigenvalue weighted by Gasteiger charge is 2.18. The minimum atomic E-state index is -0.391. The van der Waals surface area contributed by atoms with Crippen LogP contribution in [0.4, 0.5) is 5.69 Å². The predicted molar refractivity (Wildman–Crippen MR) is 117 cm³/mol. The van der Waals surface area contributed by atoms with Crippen molar-refractivity contribution in [1.29, 1.82) is 0 Å². The van der Waals surface area contributed by atoms with Gasteiger partial charge in [0.1, 0.15) is 11.5 Å². The number of carbonyl (C=O) groups is 1. The Kier molecular flexibility index (Phi) is 5.30. The molecule has 4 aromatic rings. The molecule has 0 unspecified atom stereocenters. The molecule has 3 aromatic carbocycles. The normalized spacial score (nSPS) is 10.9. The lowest BCUT2D eigenvalue weighted by Gasteiger charge is -2.14. The molecule has 0 aliphatic heterocycles. The topological polar surface area (TPSA) is 73.2 Å². The van der Waals surface area contributed by atoms with Crippen LogP contribution in [0.25, 0.3) is 10.8 Å². The highest BCUT2D eigenvalue weighted by Crippen LogP contribution is 2.24. The van der Waals surface area contributed by atoms with Gasteiger partial charge >= 0.3 is 0 Å². The number of para-hydroxylation sites is 1. The molecule has 0 aliphatic rings. The van der Waals surface area contributed by atoms with E-state index in [0.29, 0.717) is 28.0 Å². The summed E-state index contributed by atoms with van der Waals surface area (Å²) in [6, 6.07) is 23.4. The maximum Gasteiger partial charge on any atom is 0.276 e. The highest BCUT2D eigenvalue weighted by molar-refractivity contribution is 6.11. The molecule has 6 nitrogen and oxygen atoms in total. The van der Waals surface area contributed by atoms with Gasteiger partial charge in [-0.05, 0) is 44.2 Å². The Morgan fingerprint density at radius 1 is 0.900 bits per heavy atom. The monoisotopic (exact) mass is 399 g/mol. The van der Waals surface area contributed by atoms with E-state index in [9.17, 15) is 9.59 Å². The van der Waals surface area contributed by atoms with E-state index in [1.54, 1.807) is 42.5 Å². The first-order valence-electron chi connectivity index (χ1n) is 9.69. The number of anilines is 1. The molecule has 0 saturated heterocycles. The molecule has 0 atom stereocenters. The minimum Gasteiger partial charge on any atom is -0.457 e. The quantitative estimate of drug-likeness (QED) is 0.511. The van der Waals surface area contributed by atoms with E-state index in [0.717, 1.165) is 0 Å². The summed E-state index contributed by atoms with van der Waals surface area (Å²) < 4.78 is 7.17. The second-order valence-corrected chi connectivity index (χ2v) is 7.13. The van der Waals surface area contributed by atoms with Crippen molar-refractivity contribution < 1.29 is 9.53 Å². The molecule has 1 amide bonds. The van der Waals surface area contributed by atoms with Crippen molar-refractivity contribution in [3.63, 3.8) is 0 Å². The fraction of sp³-hybridized carbons (Fsp3) is 0.125. The number of ether oxygens (including phenoxy) is 1. The lowest BCUT2D eigenvalue weighted by Crippen LogP contribution is -2.28. The average Bonchev–Trinajstić information content (AvgIpc) is 2.75.